The van der Waals surface area contributed by atoms with Crippen LogP contribution in [0.3, 0.4) is 0 Å². The molecule has 3 rings (SSSR count). The average Bonchev–Trinajstić information content (AvgIpc) is 2.93. The number of fused-ring (bicyclic) bond motifs is 1. The number of amides is 1. The molecule has 0 atom stereocenters. The normalized spacial score (nSPS) is 17.5. The fourth-order valence-electron chi connectivity index (χ4n) is 2.98. The number of hydrogen-bond donors (Lipinski definition) is 2. The Morgan fingerprint density at radius 1 is 1.36 bits per heavy atom. The van der Waals surface area contributed by atoms with E-state index in [-0.39, 0.29) is 11.3 Å². The minimum absolute atomic E-state index is 0.103. The highest BCUT2D eigenvalue weighted by Gasteiger charge is 2.31. The van der Waals surface area contributed by atoms with E-state index in [4.69, 9.17) is 9.15 Å². The van der Waals surface area contributed by atoms with Crippen molar-refractivity contribution in [2.45, 2.75) is 26.2 Å². The molecule has 1 aliphatic rings. The van der Waals surface area contributed by atoms with Crippen molar-refractivity contribution in [2.75, 3.05) is 19.8 Å². The average molecular weight is 304 g/mol. The van der Waals surface area contributed by atoms with E-state index in [0.29, 0.717) is 23.2 Å². The zero-order chi connectivity index (χ0) is 15.6. The number of nitrogens with one attached hydrogen (secondary N) is 2. The van der Waals surface area contributed by atoms with Gasteiger partial charge in [-0.25, -0.2) is 4.79 Å². The highest BCUT2D eigenvalue weighted by Crippen LogP contribution is 2.33. The van der Waals surface area contributed by atoms with Crippen LogP contribution in [0.4, 0.5) is 0 Å². The molecule has 0 unspecified atom stereocenters. The molecule has 22 heavy (non-hydrogen) atoms. The van der Waals surface area contributed by atoms with Crippen molar-refractivity contribution >= 4 is 17.0 Å². The predicted octanol–water partition coefficient (Wildman–Crippen LogP) is 2.06. The first-order valence-electron chi connectivity index (χ1n) is 7.61. The Hall–Kier alpha value is -2.08. The van der Waals surface area contributed by atoms with Crippen LogP contribution < -0.4 is 11.1 Å². The number of carbonyl (C=O) groups is 1. The third-order valence-electron chi connectivity index (χ3n) is 4.63. The minimum Gasteiger partial charge on any atom is -0.408 e. The Kier molecular flexibility index (Phi) is 4.02. The van der Waals surface area contributed by atoms with Gasteiger partial charge in [-0.2, -0.15) is 0 Å². The summed E-state index contributed by atoms with van der Waals surface area (Å²) in [6, 6.07) is 5.06. The number of aromatic amines is 1. The first-order valence-corrected chi connectivity index (χ1v) is 7.61. The number of aromatic nitrogens is 1. The molecule has 2 aromatic rings. The first-order chi connectivity index (χ1) is 10.6. The molecule has 1 aromatic heterocycles. The molecule has 0 bridgehead atoms. The Bertz CT molecular complexity index is 725. The molecular weight excluding hydrogens is 284 g/mol. The number of para-hydroxylation sites is 1. The van der Waals surface area contributed by atoms with E-state index in [9.17, 15) is 9.59 Å². The number of rotatable bonds is 4. The number of benzene rings is 1. The number of oxazole rings is 1. The molecule has 1 aromatic carbocycles. The highest BCUT2D eigenvalue weighted by molar-refractivity contribution is 6.04. The largest absolute Gasteiger partial charge is 0.417 e. The smallest absolute Gasteiger partial charge is 0.408 e. The monoisotopic (exact) mass is 304 g/mol. The topological polar surface area (TPSA) is 84.3 Å². The summed E-state index contributed by atoms with van der Waals surface area (Å²) in [5.74, 6) is -0.744. The van der Waals surface area contributed by atoms with Crippen LogP contribution in [-0.4, -0.2) is 30.6 Å². The Morgan fingerprint density at radius 3 is 2.86 bits per heavy atom. The highest BCUT2D eigenvalue weighted by atomic mass is 16.5. The van der Waals surface area contributed by atoms with E-state index in [0.717, 1.165) is 32.5 Å². The maximum Gasteiger partial charge on any atom is 0.417 e. The summed E-state index contributed by atoms with van der Waals surface area (Å²) in [6.07, 6.45) is 2.91. The second kappa shape index (κ2) is 5.96. The Balaban J connectivity index is 1.77. The molecule has 1 aliphatic heterocycles. The number of carbonyl (C=O) groups excluding carboxylic acids is 1. The van der Waals surface area contributed by atoms with Gasteiger partial charge < -0.3 is 14.5 Å². The maximum absolute atomic E-state index is 12.5. The van der Waals surface area contributed by atoms with Crippen LogP contribution in [0.15, 0.2) is 27.4 Å². The lowest BCUT2D eigenvalue weighted by atomic mass is 9.78. The molecule has 1 saturated heterocycles. The summed E-state index contributed by atoms with van der Waals surface area (Å²) in [7, 11) is 0. The zero-order valence-electron chi connectivity index (χ0n) is 12.6. The molecule has 2 heterocycles. The van der Waals surface area contributed by atoms with E-state index in [1.165, 1.54) is 0 Å². The van der Waals surface area contributed by atoms with Gasteiger partial charge in [-0.15, -0.1) is 0 Å². The van der Waals surface area contributed by atoms with Crippen molar-refractivity contribution in [3.8, 4) is 0 Å². The van der Waals surface area contributed by atoms with E-state index < -0.39 is 5.76 Å². The third-order valence-corrected chi connectivity index (χ3v) is 4.63. The van der Waals surface area contributed by atoms with Gasteiger partial charge in [0, 0.05) is 19.8 Å². The van der Waals surface area contributed by atoms with Crippen molar-refractivity contribution < 1.29 is 13.9 Å². The van der Waals surface area contributed by atoms with Crippen LogP contribution in [0.25, 0.3) is 11.1 Å². The van der Waals surface area contributed by atoms with Crippen LogP contribution in [0.5, 0.6) is 0 Å². The first kappa shape index (κ1) is 14.8. The van der Waals surface area contributed by atoms with Gasteiger partial charge in [0.1, 0.15) is 0 Å². The fraction of sp³-hybridized carbons (Fsp3) is 0.500. The molecule has 6 nitrogen and oxygen atoms in total. The molecule has 0 radical (unpaired) electrons. The molecule has 1 amide bonds. The van der Waals surface area contributed by atoms with Crippen LogP contribution in [-0.2, 0) is 4.74 Å². The van der Waals surface area contributed by atoms with Crippen LogP contribution in [0, 0.1) is 5.41 Å². The van der Waals surface area contributed by atoms with Crippen molar-refractivity contribution in [2.24, 2.45) is 5.41 Å². The van der Waals surface area contributed by atoms with Crippen LogP contribution in [0.1, 0.15) is 36.5 Å². The van der Waals surface area contributed by atoms with Gasteiger partial charge in [-0.1, -0.05) is 13.0 Å². The fourth-order valence-corrected chi connectivity index (χ4v) is 2.98. The molecule has 118 valence electrons. The zero-order valence-corrected chi connectivity index (χ0v) is 12.6. The van der Waals surface area contributed by atoms with Gasteiger partial charge in [-0.05, 0) is 36.8 Å². The van der Waals surface area contributed by atoms with Crippen LogP contribution in [0.2, 0.25) is 0 Å². The summed E-state index contributed by atoms with van der Waals surface area (Å²) in [4.78, 5) is 26.3. The maximum atomic E-state index is 12.5. The number of ether oxygens (including phenoxy) is 1. The van der Waals surface area contributed by atoms with Gasteiger partial charge in [0.15, 0.2) is 5.58 Å². The molecule has 0 aliphatic carbocycles. The van der Waals surface area contributed by atoms with Gasteiger partial charge in [0.25, 0.3) is 5.91 Å². The van der Waals surface area contributed by atoms with E-state index in [1.54, 1.807) is 18.2 Å². The summed E-state index contributed by atoms with van der Waals surface area (Å²) in [5, 5.41) is 3.00. The molecule has 0 saturated carbocycles. The van der Waals surface area contributed by atoms with Crippen molar-refractivity contribution in [3.05, 3.63) is 34.3 Å². The quantitative estimate of drug-likeness (QED) is 0.905. The standard InChI is InChI=1S/C16H20N2O4/c1-2-16(6-8-21-9-7-16)10-17-14(19)11-4-3-5-12-13(11)18-15(20)22-12/h3-5H,2,6-10H2,1H3,(H,17,19)(H,18,20). The van der Waals surface area contributed by atoms with Gasteiger partial charge in [-0.3, -0.25) is 9.78 Å². The molecule has 0 spiro atoms. The van der Waals surface area contributed by atoms with E-state index in [2.05, 4.69) is 17.2 Å². The lowest BCUT2D eigenvalue weighted by molar-refractivity contribution is 0.0129. The third kappa shape index (κ3) is 2.78. The summed E-state index contributed by atoms with van der Waals surface area (Å²) in [5.41, 5.74) is 1.38. The Labute approximate surface area is 127 Å². The van der Waals surface area contributed by atoms with Crippen molar-refractivity contribution in [1.29, 1.82) is 0 Å². The van der Waals surface area contributed by atoms with E-state index in [1.807, 2.05) is 0 Å². The van der Waals surface area contributed by atoms with Crippen molar-refractivity contribution in [3.63, 3.8) is 0 Å². The van der Waals surface area contributed by atoms with Crippen LogP contribution >= 0.6 is 0 Å². The molecular formula is C16H20N2O4. The second-order valence-corrected chi connectivity index (χ2v) is 5.84. The van der Waals surface area contributed by atoms with Gasteiger partial charge >= 0.3 is 5.76 Å². The Morgan fingerprint density at radius 2 is 2.14 bits per heavy atom. The predicted molar refractivity (Wildman–Crippen MR) is 81.9 cm³/mol. The second-order valence-electron chi connectivity index (χ2n) is 5.84. The van der Waals surface area contributed by atoms with Gasteiger partial charge in [0.2, 0.25) is 0 Å². The summed E-state index contributed by atoms with van der Waals surface area (Å²) in [6.45, 7) is 4.25. The lowest BCUT2D eigenvalue weighted by Crippen LogP contribution is -2.41. The van der Waals surface area contributed by atoms with Gasteiger partial charge in [0.05, 0.1) is 11.1 Å². The minimum atomic E-state index is -0.551. The lowest BCUT2D eigenvalue weighted by Gasteiger charge is -2.36. The number of H-pyrrole nitrogens is 1. The van der Waals surface area contributed by atoms with E-state index >= 15 is 0 Å². The molecule has 6 heteroatoms. The number of hydrogen-bond acceptors (Lipinski definition) is 4. The SMILES string of the molecule is CCC1(CNC(=O)c2cccc3oc(=O)[nH]c23)CCOCC1. The summed E-state index contributed by atoms with van der Waals surface area (Å²) < 4.78 is 10.4. The molecule has 2 N–H and O–H groups in total. The van der Waals surface area contributed by atoms with Crippen molar-refractivity contribution in [1.82, 2.24) is 10.3 Å². The molecule has 1 fully saturated rings. The summed E-state index contributed by atoms with van der Waals surface area (Å²) >= 11 is 0.